The molecule has 1 N–H and O–H groups in total. The topological polar surface area (TPSA) is 81.5 Å². The Bertz CT molecular complexity index is 820. The average molecular weight is 361 g/mol. The van der Waals surface area contributed by atoms with Crippen molar-refractivity contribution in [3.63, 3.8) is 0 Å². The number of ether oxygens (including phenoxy) is 1. The fraction of sp³-hybridized carbons (Fsp3) is 0.167. The minimum atomic E-state index is -0.528. The molecule has 2 rings (SSSR count). The normalized spacial score (nSPS) is 12.0. The Balaban J connectivity index is 2.27. The fourth-order valence-electron chi connectivity index (χ4n) is 2.25. The number of benzene rings is 2. The summed E-state index contributed by atoms with van der Waals surface area (Å²) in [5.74, 6) is -0.528. The van der Waals surface area contributed by atoms with E-state index in [-0.39, 0.29) is 11.7 Å². The zero-order valence-electron chi connectivity index (χ0n) is 13.7. The maximum absolute atomic E-state index is 11.4. The molecule has 0 amide bonds. The van der Waals surface area contributed by atoms with Crippen LogP contribution in [-0.2, 0) is 9.53 Å². The Kier molecular flexibility index (Phi) is 6.14. The molecule has 0 bridgehead atoms. The molecule has 0 fully saturated rings. The van der Waals surface area contributed by atoms with E-state index >= 15 is 0 Å². The summed E-state index contributed by atoms with van der Waals surface area (Å²) >= 11 is 5.99. The van der Waals surface area contributed by atoms with Gasteiger partial charge in [0.2, 0.25) is 0 Å². The monoisotopic (exact) mass is 360 g/mol. The van der Waals surface area contributed by atoms with E-state index in [0.717, 1.165) is 5.56 Å². The summed E-state index contributed by atoms with van der Waals surface area (Å²) in [6.45, 7) is 1.89. The number of carbonyl (C=O) groups excluding carboxylic acids is 1. The van der Waals surface area contributed by atoms with E-state index in [0.29, 0.717) is 16.3 Å². The van der Waals surface area contributed by atoms with E-state index in [9.17, 15) is 14.9 Å². The number of nitro groups is 1. The van der Waals surface area contributed by atoms with E-state index in [1.165, 1.54) is 25.3 Å². The number of halogens is 1. The molecule has 25 heavy (non-hydrogen) atoms. The SMILES string of the molecule is COC(=O)/C=C/c1ccc(NC(C)c2cccc(Cl)c2)c([N+](=O)[O-])c1. The van der Waals surface area contributed by atoms with Crippen LogP contribution in [0.5, 0.6) is 0 Å². The highest BCUT2D eigenvalue weighted by Crippen LogP contribution is 2.30. The van der Waals surface area contributed by atoms with Crippen molar-refractivity contribution in [2.45, 2.75) is 13.0 Å². The third-order valence-electron chi connectivity index (χ3n) is 3.55. The van der Waals surface area contributed by atoms with Gasteiger partial charge in [0.1, 0.15) is 5.69 Å². The molecule has 0 aromatic heterocycles. The van der Waals surface area contributed by atoms with Crippen molar-refractivity contribution in [2.24, 2.45) is 0 Å². The first-order valence-electron chi connectivity index (χ1n) is 7.47. The van der Waals surface area contributed by atoms with Gasteiger partial charge in [0.05, 0.1) is 12.0 Å². The van der Waals surface area contributed by atoms with Gasteiger partial charge >= 0.3 is 5.97 Å². The molecule has 130 valence electrons. The van der Waals surface area contributed by atoms with E-state index in [1.807, 2.05) is 19.1 Å². The van der Waals surface area contributed by atoms with Crippen molar-refractivity contribution in [3.05, 3.63) is 74.8 Å². The maximum atomic E-state index is 11.4. The number of hydrogen-bond donors (Lipinski definition) is 1. The lowest BCUT2D eigenvalue weighted by Crippen LogP contribution is -2.08. The molecule has 0 aliphatic heterocycles. The Morgan fingerprint density at radius 1 is 1.32 bits per heavy atom. The van der Waals surface area contributed by atoms with E-state index in [4.69, 9.17) is 11.6 Å². The average Bonchev–Trinajstić information content (AvgIpc) is 2.60. The molecule has 7 heteroatoms. The van der Waals surface area contributed by atoms with Crippen LogP contribution in [0.15, 0.2) is 48.5 Å². The summed E-state index contributed by atoms with van der Waals surface area (Å²) in [5.41, 5.74) is 1.74. The summed E-state index contributed by atoms with van der Waals surface area (Å²) in [6.07, 6.45) is 2.67. The van der Waals surface area contributed by atoms with Crippen LogP contribution in [0, 0.1) is 10.1 Å². The number of rotatable bonds is 6. The molecular weight excluding hydrogens is 344 g/mol. The molecule has 0 aliphatic rings. The van der Waals surface area contributed by atoms with Crippen LogP contribution in [0.4, 0.5) is 11.4 Å². The number of methoxy groups -OCH3 is 1. The maximum Gasteiger partial charge on any atom is 0.330 e. The van der Waals surface area contributed by atoms with Crippen molar-refractivity contribution in [1.29, 1.82) is 0 Å². The van der Waals surface area contributed by atoms with Gasteiger partial charge in [-0.2, -0.15) is 0 Å². The number of esters is 1. The minimum Gasteiger partial charge on any atom is -0.466 e. The minimum absolute atomic E-state index is 0.0825. The van der Waals surface area contributed by atoms with Gasteiger partial charge in [-0.15, -0.1) is 0 Å². The highest BCUT2D eigenvalue weighted by molar-refractivity contribution is 6.30. The van der Waals surface area contributed by atoms with Crippen LogP contribution in [0.1, 0.15) is 24.1 Å². The van der Waals surface area contributed by atoms with Gasteiger partial charge in [-0.3, -0.25) is 10.1 Å². The first-order chi connectivity index (χ1) is 11.9. The molecule has 0 aliphatic carbocycles. The van der Waals surface area contributed by atoms with Gasteiger partial charge in [0.25, 0.3) is 5.69 Å². The predicted octanol–water partition coefficient (Wildman–Crippen LogP) is 4.61. The number of carbonyl (C=O) groups is 1. The summed E-state index contributed by atoms with van der Waals surface area (Å²) < 4.78 is 4.50. The molecule has 0 saturated heterocycles. The molecular formula is C18H17ClN2O4. The predicted molar refractivity (Wildman–Crippen MR) is 97.6 cm³/mol. The van der Waals surface area contributed by atoms with Crippen LogP contribution in [0.25, 0.3) is 6.08 Å². The van der Waals surface area contributed by atoms with Gasteiger partial charge in [0.15, 0.2) is 0 Å². The highest BCUT2D eigenvalue weighted by Gasteiger charge is 2.16. The van der Waals surface area contributed by atoms with Crippen LogP contribution in [0.3, 0.4) is 0 Å². The summed E-state index contributed by atoms with van der Waals surface area (Å²) in [4.78, 5) is 22.0. The highest BCUT2D eigenvalue weighted by atomic mass is 35.5. The Hall–Kier alpha value is -2.86. The largest absolute Gasteiger partial charge is 0.466 e. The standard InChI is InChI=1S/C18H17ClN2O4/c1-12(14-4-3-5-15(19)11-14)20-16-8-6-13(7-9-18(22)25-2)10-17(16)21(23)24/h3-12,20H,1-2H3/b9-7+. The van der Waals surface area contributed by atoms with Gasteiger partial charge in [-0.1, -0.05) is 29.8 Å². The van der Waals surface area contributed by atoms with Crippen LogP contribution < -0.4 is 5.32 Å². The summed E-state index contributed by atoms with van der Waals surface area (Å²) in [5, 5.41) is 15.1. The first-order valence-corrected chi connectivity index (χ1v) is 7.85. The van der Waals surface area contributed by atoms with Crippen molar-refractivity contribution in [3.8, 4) is 0 Å². The lowest BCUT2D eigenvalue weighted by atomic mass is 10.1. The van der Waals surface area contributed by atoms with Crippen molar-refractivity contribution in [2.75, 3.05) is 12.4 Å². The second-order valence-electron chi connectivity index (χ2n) is 5.31. The van der Waals surface area contributed by atoms with E-state index in [1.54, 1.807) is 24.3 Å². The number of nitrogens with one attached hydrogen (secondary N) is 1. The summed E-state index contributed by atoms with van der Waals surface area (Å²) in [7, 11) is 1.26. The Morgan fingerprint density at radius 2 is 2.08 bits per heavy atom. The van der Waals surface area contributed by atoms with E-state index in [2.05, 4.69) is 10.1 Å². The Labute approximate surface area is 150 Å². The number of nitro benzene ring substituents is 1. The van der Waals surface area contributed by atoms with Crippen LogP contribution in [-0.4, -0.2) is 18.0 Å². The van der Waals surface area contributed by atoms with Crippen molar-refractivity contribution in [1.82, 2.24) is 0 Å². The summed E-state index contributed by atoms with van der Waals surface area (Å²) in [6, 6.07) is 11.8. The van der Waals surface area contributed by atoms with Gasteiger partial charge in [0, 0.05) is 23.2 Å². The molecule has 6 nitrogen and oxygen atoms in total. The number of anilines is 1. The van der Waals surface area contributed by atoms with Crippen molar-refractivity contribution >= 4 is 35.0 Å². The third-order valence-corrected chi connectivity index (χ3v) is 3.79. The van der Waals surface area contributed by atoms with Gasteiger partial charge in [-0.05, 0) is 42.3 Å². The molecule has 0 spiro atoms. The van der Waals surface area contributed by atoms with E-state index < -0.39 is 10.9 Å². The quantitative estimate of drug-likeness (QED) is 0.352. The second kappa shape index (κ2) is 8.30. The first kappa shape index (κ1) is 18.5. The zero-order chi connectivity index (χ0) is 18.4. The molecule has 0 heterocycles. The third kappa shape index (κ3) is 5.06. The van der Waals surface area contributed by atoms with Crippen LogP contribution in [0.2, 0.25) is 5.02 Å². The Morgan fingerprint density at radius 3 is 2.72 bits per heavy atom. The molecule has 0 radical (unpaired) electrons. The molecule has 1 atom stereocenters. The van der Waals surface area contributed by atoms with Crippen LogP contribution >= 0.6 is 11.6 Å². The smallest absolute Gasteiger partial charge is 0.330 e. The van der Waals surface area contributed by atoms with Gasteiger partial charge in [-0.25, -0.2) is 4.79 Å². The van der Waals surface area contributed by atoms with Gasteiger partial charge < -0.3 is 10.1 Å². The number of hydrogen-bond acceptors (Lipinski definition) is 5. The fourth-order valence-corrected chi connectivity index (χ4v) is 2.45. The van der Waals surface area contributed by atoms with Crippen molar-refractivity contribution < 1.29 is 14.5 Å². The zero-order valence-corrected chi connectivity index (χ0v) is 14.5. The molecule has 0 saturated carbocycles. The molecule has 2 aromatic rings. The lowest BCUT2D eigenvalue weighted by molar-refractivity contribution is -0.384. The number of nitrogens with zero attached hydrogens (tertiary/aromatic N) is 1. The second-order valence-corrected chi connectivity index (χ2v) is 5.75. The molecule has 2 aromatic carbocycles. The molecule has 1 unspecified atom stereocenters. The lowest BCUT2D eigenvalue weighted by Gasteiger charge is -2.16.